The third kappa shape index (κ3) is 3.45. The number of hydrogen-bond acceptors (Lipinski definition) is 0. The van der Waals surface area contributed by atoms with Gasteiger partial charge in [0.1, 0.15) is 0 Å². The first kappa shape index (κ1) is 10.3. The van der Waals surface area contributed by atoms with Gasteiger partial charge in [0.05, 0.1) is 0 Å². The van der Waals surface area contributed by atoms with E-state index in [0.29, 0.717) is 0 Å². The van der Waals surface area contributed by atoms with Crippen LogP contribution < -0.4 is 0 Å². The monoisotopic (exact) mass is 286 g/mol. The van der Waals surface area contributed by atoms with Crippen molar-refractivity contribution in [2.24, 2.45) is 0 Å². The van der Waals surface area contributed by atoms with Gasteiger partial charge in [-0.25, -0.2) is 0 Å². The van der Waals surface area contributed by atoms with Gasteiger partial charge in [-0.15, -0.1) is 0 Å². The average molecular weight is 285 g/mol. The molecule has 0 heterocycles. The quantitative estimate of drug-likeness (QED) is 0.667. The van der Waals surface area contributed by atoms with Crippen molar-refractivity contribution in [3.8, 4) is 0 Å². The molecule has 0 N–H and O–H groups in total. The summed E-state index contributed by atoms with van der Waals surface area (Å²) in [7, 11) is 0. The summed E-state index contributed by atoms with van der Waals surface area (Å²) in [5, 5.41) is 0. The molecule has 0 amide bonds. The summed E-state index contributed by atoms with van der Waals surface area (Å²) < 4.78 is 2.58. The van der Waals surface area contributed by atoms with E-state index in [2.05, 4.69) is 0 Å². The van der Waals surface area contributed by atoms with E-state index < -0.39 is 0 Å². The Morgan fingerprint density at radius 3 is 1.31 bits per heavy atom. The molecule has 13 heavy (non-hydrogen) atoms. The average Bonchev–Trinajstić information content (AvgIpc) is 2.21. The fourth-order valence-corrected chi connectivity index (χ4v) is 9.01. The van der Waals surface area contributed by atoms with E-state index in [1.165, 1.54) is 7.87 Å². The van der Waals surface area contributed by atoms with Gasteiger partial charge in [-0.1, -0.05) is 0 Å². The van der Waals surface area contributed by atoms with Crippen LogP contribution in [0.5, 0.6) is 0 Å². The first-order valence-electron chi connectivity index (χ1n) is 6.21. The van der Waals surface area contributed by atoms with Crippen LogP contribution in [0.25, 0.3) is 0 Å². The summed E-state index contributed by atoms with van der Waals surface area (Å²) in [6.45, 7) is 0. The van der Waals surface area contributed by atoms with Crippen molar-refractivity contribution >= 4 is 21.1 Å². The van der Waals surface area contributed by atoms with Crippen LogP contribution in [-0.2, 0) is 0 Å². The van der Waals surface area contributed by atoms with E-state index in [4.69, 9.17) is 0 Å². The van der Waals surface area contributed by atoms with Crippen LogP contribution in [0.2, 0.25) is 7.87 Å². The molecular formula is C12H22Sn. The third-order valence-electron chi connectivity index (χ3n) is 3.68. The molecule has 0 aromatic rings. The Labute approximate surface area is 93.1 Å². The zero-order valence-electron chi connectivity index (χ0n) is 8.73. The molecule has 0 saturated heterocycles. The maximum absolute atomic E-state index is 1.63. The minimum atomic E-state index is 0.0367. The van der Waals surface area contributed by atoms with E-state index in [9.17, 15) is 0 Å². The van der Waals surface area contributed by atoms with Crippen LogP contribution in [0.3, 0.4) is 0 Å². The van der Waals surface area contributed by atoms with Gasteiger partial charge in [-0.3, -0.25) is 0 Å². The van der Waals surface area contributed by atoms with Crippen LogP contribution in [0.4, 0.5) is 0 Å². The zero-order chi connectivity index (χ0) is 8.93. The molecule has 0 spiro atoms. The predicted molar refractivity (Wildman–Crippen MR) is 59.4 cm³/mol. The van der Waals surface area contributed by atoms with Gasteiger partial charge in [-0.05, 0) is 0 Å². The molecule has 1 heteroatoms. The van der Waals surface area contributed by atoms with Crippen molar-refractivity contribution in [3.05, 3.63) is 0 Å². The fourth-order valence-electron chi connectivity index (χ4n) is 2.87. The van der Waals surface area contributed by atoms with E-state index in [1.54, 1.807) is 64.2 Å². The Hall–Kier alpha value is 0.799. The second-order valence-corrected chi connectivity index (χ2v) is 10.4. The van der Waals surface area contributed by atoms with Crippen molar-refractivity contribution in [2.45, 2.75) is 72.1 Å². The second kappa shape index (κ2) is 5.62. The Kier molecular flexibility index (Phi) is 4.47. The van der Waals surface area contributed by atoms with Gasteiger partial charge in [-0.2, -0.15) is 0 Å². The van der Waals surface area contributed by atoms with E-state index in [1.807, 2.05) is 0 Å². The van der Waals surface area contributed by atoms with Gasteiger partial charge >= 0.3 is 93.2 Å². The van der Waals surface area contributed by atoms with Crippen molar-refractivity contribution in [1.82, 2.24) is 0 Å². The van der Waals surface area contributed by atoms with Crippen molar-refractivity contribution in [2.75, 3.05) is 0 Å². The molecule has 0 unspecified atom stereocenters. The molecule has 2 fully saturated rings. The standard InChI is InChI=1S/2C6H11.Sn/c2*1-2-4-6-5-3-1;/h2*1H,2-6H2;. The first-order valence-corrected chi connectivity index (χ1v) is 9.51. The summed E-state index contributed by atoms with van der Waals surface area (Å²) in [4.78, 5) is 0. The van der Waals surface area contributed by atoms with E-state index in [-0.39, 0.29) is 21.1 Å². The Balaban J connectivity index is 1.69. The molecule has 0 nitrogen and oxygen atoms in total. The molecule has 0 bridgehead atoms. The van der Waals surface area contributed by atoms with Gasteiger partial charge in [0, 0.05) is 0 Å². The number of hydrogen-bond donors (Lipinski definition) is 0. The van der Waals surface area contributed by atoms with Crippen LogP contribution in [0.1, 0.15) is 64.2 Å². The molecule has 0 atom stereocenters. The summed E-state index contributed by atoms with van der Waals surface area (Å²) in [5.41, 5.74) is 0. The summed E-state index contributed by atoms with van der Waals surface area (Å²) in [6.07, 6.45) is 15.9. The molecule has 0 aromatic heterocycles. The van der Waals surface area contributed by atoms with Crippen molar-refractivity contribution in [1.29, 1.82) is 0 Å². The second-order valence-electron chi connectivity index (χ2n) is 4.84. The van der Waals surface area contributed by atoms with Gasteiger partial charge in [0.25, 0.3) is 0 Å². The number of rotatable bonds is 2. The molecule has 74 valence electrons. The predicted octanol–water partition coefficient (Wildman–Crippen LogP) is 4.20. The zero-order valence-corrected chi connectivity index (χ0v) is 11.6. The van der Waals surface area contributed by atoms with Gasteiger partial charge in [0.15, 0.2) is 0 Å². The molecule has 2 aliphatic rings. The fraction of sp³-hybridized carbons (Fsp3) is 1.00. The molecular weight excluding hydrogens is 263 g/mol. The molecule has 2 saturated carbocycles. The Morgan fingerprint density at radius 1 is 0.538 bits per heavy atom. The Morgan fingerprint density at radius 2 is 0.923 bits per heavy atom. The van der Waals surface area contributed by atoms with Crippen molar-refractivity contribution in [3.63, 3.8) is 0 Å². The Bertz CT molecular complexity index is 116. The van der Waals surface area contributed by atoms with E-state index >= 15 is 0 Å². The molecule has 0 aliphatic heterocycles. The van der Waals surface area contributed by atoms with Gasteiger partial charge < -0.3 is 0 Å². The molecule has 2 aliphatic carbocycles. The third-order valence-corrected chi connectivity index (χ3v) is 9.67. The topological polar surface area (TPSA) is 0 Å². The summed E-state index contributed by atoms with van der Waals surface area (Å²) in [6, 6.07) is 0. The SMILES string of the molecule is C1CC[CH]([Sn][CH]2CCCCC2)CC1. The summed E-state index contributed by atoms with van der Waals surface area (Å²) >= 11 is 0.0367. The minimum absolute atomic E-state index is 0.0367. The molecule has 2 rings (SSSR count). The van der Waals surface area contributed by atoms with Crippen LogP contribution >= 0.6 is 0 Å². The molecule has 0 aromatic carbocycles. The first-order chi connectivity index (χ1) is 6.45. The van der Waals surface area contributed by atoms with Gasteiger partial charge in [0.2, 0.25) is 0 Å². The molecule has 2 radical (unpaired) electrons. The van der Waals surface area contributed by atoms with E-state index in [0.717, 1.165) is 0 Å². The summed E-state index contributed by atoms with van der Waals surface area (Å²) in [5.74, 6) is 0. The van der Waals surface area contributed by atoms with Crippen molar-refractivity contribution < 1.29 is 0 Å². The van der Waals surface area contributed by atoms with Crippen LogP contribution in [-0.4, -0.2) is 21.1 Å². The van der Waals surface area contributed by atoms with Crippen LogP contribution in [0.15, 0.2) is 0 Å². The normalized spacial score (nSPS) is 27.7. The van der Waals surface area contributed by atoms with Crippen LogP contribution in [0, 0.1) is 0 Å². The maximum atomic E-state index is 1.63.